The molecular weight excluding hydrogens is 296 g/mol. The van der Waals surface area contributed by atoms with Gasteiger partial charge in [-0.05, 0) is 12.5 Å². The minimum absolute atomic E-state index is 0. The number of piperazine rings is 1. The summed E-state index contributed by atoms with van der Waals surface area (Å²) in [5.74, 6) is -3.15. The lowest BCUT2D eigenvalue weighted by atomic mass is 10.0. The van der Waals surface area contributed by atoms with E-state index in [0.29, 0.717) is 32.2 Å². The summed E-state index contributed by atoms with van der Waals surface area (Å²) in [7, 11) is 0. The minimum atomic E-state index is -1.23. The third-order valence-corrected chi connectivity index (χ3v) is 3.36. The zero-order chi connectivity index (χ0) is 13.8. The zero-order valence-electron chi connectivity index (χ0n) is 10.8. The molecule has 0 spiro atoms. The van der Waals surface area contributed by atoms with E-state index in [-0.39, 0.29) is 24.4 Å². The van der Waals surface area contributed by atoms with E-state index in [4.69, 9.17) is 0 Å². The van der Waals surface area contributed by atoms with Crippen LogP contribution in [0.25, 0.3) is 0 Å². The number of hydrogen-bond donors (Lipinski definition) is 1. The third-order valence-electron chi connectivity index (χ3n) is 3.36. The first-order valence-electron chi connectivity index (χ1n) is 6.28. The molecule has 114 valence electrons. The Balaban J connectivity index is 0.00000200. The van der Waals surface area contributed by atoms with Crippen molar-refractivity contribution in [1.29, 1.82) is 0 Å². The molecule has 0 radical (unpaired) electrons. The van der Waals surface area contributed by atoms with Crippen LogP contribution < -0.4 is 5.32 Å². The average Bonchev–Trinajstić information content (AvgIpc) is 2.41. The van der Waals surface area contributed by atoms with E-state index in [1.54, 1.807) is 0 Å². The Morgan fingerprint density at radius 3 is 2.40 bits per heavy atom. The average molecular weight is 313 g/mol. The van der Waals surface area contributed by atoms with Gasteiger partial charge in [0.25, 0.3) is 0 Å². The van der Waals surface area contributed by atoms with Crippen LogP contribution in [0.3, 0.4) is 0 Å². The highest BCUT2D eigenvalue weighted by Crippen LogP contribution is 2.29. The molecule has 1 saturated heterocycles. The molecule has 0 aliphatic carbocycles. The molecule has 1 N–H and O–H groups in total. The molecule has 0 unspecified atom stereocenters. The van der Waals surface area contributed by atoms with E-state index < -0.39 is 30.2 Å². The predicted octanol–water partition coefficient (Wildman–Crippen LogP) is 2.83. The van der Waals surface area contributed by atoms with Crippen molar-refractivity contribution >= 4 is 12.4 Å². The highest BCUT2D eigenvalue weighted by atomic mass is 35.5. The van der Waals surface area contributed by atoms with Gasteiger partial charge in [-0.2, -0.15) is 0 Å². The Labute approximate surface area is 121 Å². The van der Waals surface area contributed by atoms with Crippen molar-refractivity contribution in [3.05, 3.63) is 35.1 Å². The molecule has 0 aromatic heterocycles. The zero-order valence-corrected chi connectivity index (χ0v) is 11.7. The van der Waals surface area contributed by atoms with Crippen LogP contribution in [0.1, 0.15) is 18.0 Å². The van der Waals surface area contributed by atoms with Crippen molar-refractivity contribution in [2.45, 2.75) is 12.5 Å². The first kappa shape index (κ1) is 17.2. The van der Waals surface area contributed by atoms with E-state index in [9.17, 15) is 17.6 Å². The molecule has 1 heterocycles. The van der Waals surface area contributed by atoms with Crippen molar-refractivity contribution in [1.82, 2.24) is 10.2 Å². The number of rotatable bonds is 4. The quantitative estimate of drug-likeness (QED) is 0.679. The van der Waals surface area contributed by atoms with E-state index in [0.717, 1.165) is 6.07 Å². The Bertz CT molecular complexity index is 439. The predicted molar refractivity (Wildman–Crippen MR) is 71.3 cm³/mol. The van der Waals surface area contributed by atoms with Gasteiger partial charge in [-0.3, -0.25) is 9.29 Å². The summed E-state index contributed by atoms with van der Waals surface area (Å²) in [6.07, 6.45) is 0.0276. The molecule has 1 aromatic rings. The van der Waals surface area contributed by atoms with Gasteiger partial charge in [0.15, 0.2) is 11.6 Å². The smallest absolute Gasteiger partial charge is 0.163 e. The van der Waals surface area contributed by atoms with Crippen molar-refractivity contribution in [3.63, 3.8) is 0 Å². The van der Waals surface area contributed by atoms with E-state index in [1.165, 1.54) is 0 Å². The summed E-state index contributed by atoms with van der Waals surface area (Å²) < 4.78 is 53.0. The van der Waals surface area contributed by atoms with E-state index in [2.05, 4.69) is 5.32 Å². The maximum Gasteiger partial charge on any atom is 0.163 e. The van der Waals surface area contributed by atoms with Crippen molar-refractivity contribution in [2.24, 2.45) is 0 Å². The van der Waals surface area contributed by atoms with Gasteiger partial charge in [0.2, 0.25) is 0 Å². The monoisotopic (exact) mass is 312 g/mol. The summed E-state index contributed by atoms with van der Waals surface area (Å²) in [6, 6.07) is 0.835. The summed E-state index contributed by atoms with van der Waals surface area (Å²) in [5.41, 5.74) is -0.1000. The number of alkyl halides is 1. The second kappa shape index (κ2) is 7.81. The molecule has 1 aromatic carbocycles. The molecule has 0 bridgehead atoms. The van der Waals surface area contributed by atoms with Crippen LogP contribution in [0.5, 0.6) is 0 Å². The van der Waals surface area contributed by atoms with E-state index in [1.807, 2.05) is 4.90 Å². The van der Waals surface area contributed by atoms with Gasteiger partial charge >= 0.3 is 0 Å². The van der Waals surface area contributed by atoms with Crippen LogP contribution in [0, 0.1) is 17.5 Å². The van der Waals surface area contributed by atoms with Gasteiger partial charge in [0.05, 0.1) is 6.67 Å². The molecule has 1 aliphatic heterocycles. The van der Waals surface area contributed by atoms with Crippen LogP contribution in [0.4, 0.5) is 17.6 Å². The standard InChI is InChI=1S/C13H16F4N2.ClH/c14-2-1-12(19-5-3-18-4-6-19)10-7-9(15)8-11(16)13(10)17;/h7-8,12,18H,1-6H2;1H/t12-;/m0./s1. The fourth-order valence-corrected chi connectivity index (χ4v) is 2.45. The highest BCUT2D eigenvalue weighted by Gasteiger charge is 2.26. The van der Waals surface area contributed by atoms with Gasteiger partial charge in [-0.1, -0.05) is 0 Å². The molecule has 0 saturated carbocycles. The lowest BCUT2D eigenvalue weighted by molar-refractivity contribution is 0.153. The fraction of sp³-hybridized carbons (Fsp3) is 0.538. The second-order valence-electron chi connectivity index (χ2n) is 4.57. The summed E-state index contributed by atoms with van der Waals surface area (Å²) >= 11 is 0. The largest absolute Gasteiger partial charge is 0.314 e. The molecule has 2 rings (SSSR count). The molecule has 0 amide bonds. The Hall–Kier alpha value is -0.850. The lowest BCUT2D eigenvalue weighted by Gasteiger charge is -2.35. The Kier molecular flexibility index (Phi) is 6.71. The molecule has 1 fully saturated rings. The molecule has 20 heavy (non-hydrogen) atoms. The Morgan fingerprint density at radius 2 is 1.80 bits per heavy atom. The number of halogens is 5. The number of nitrogens with one attached hydrogen (secondary N) is 1. The highest BCUT2D eigenvalue weighted by molar-refractivity contribution is 5.85. The molecule has 7 heteroatoms. The van der Waals surface area contributed by atoms with Crippen LogP contribution >= 0.6 is 12.4 Å². The molecule has 1 atom stereocenters. The fourth-order valence-electron chi connectivity index (χ4n) is 2.45. The first-order valence-corrected chi connectivity index (χ1v) is 6.28. The Morgan fingerprint density at radius 1 is 1.15 bits per heavy atom. The number of hydrogen-bond acceptors (Lipinski definition) is 2. The second-order valence-corrected chi connectivity index (χ2v) is 4.57. The van der Waals surface area contributed by atoms with Crippen molar-refractivity contribution in [3.8, 4) is 0 Å². The van der Waals surface area contributed by atoms with Crippen molar-refractivity contribution in [2.75, 3.05) is 32.9 Å². The molecular formula is C13H17ClF4N2. The van der Waals surface area contributed by atoms with Crippen molar-refractivity contribution < 1.29 is 17.6 Å². The molecule has 2 nitrogen and oxygen atoms in total. The topological polar surface area (TPSA) is 15.3 Å². The third kappa shape index (κ3) is 3.84. The van der Waals surface area contributed by atoms with Crippen LogP contribution in [-0.2, 0) is 0 Å². The van der Waals surface area contributed by atoms with Gasteiger partial charge < -0.3 is 5.32 Å². The number of benzene rings is 1. The van der Waals surface area contributed by atoms with Gasteiger partial charge in [0.1, 0.15) is 5.82 Å². The van der Waals surface area contributed by atoms with Gasteiger partial charge in [-0.25, -0.2) is 13.2 Å². The van der Waals surface area contributed by atoms with Crippen LogP contribution in [0.2, 0.25) is 0 Å². The van der Waals surface area contributed by atoms with Gasteiger partial charge in [0, 0.05) is 43.9 Å². The van der Waals surface area contributed by atoms with Gasteiger partial charge in [-0.15, -0.1) is 12.4 Å². The first-order chi connectivity index (χ1) is 9.13. The normalized spacial score (nSPS) is 17.6. The number of nitrogens with zero attached hydrogens (tertiary/aromatic N) is 1. The summed E-state index contributed by atoms with van der Waals surface area (Å²) in [4.78, 5) is 1.85. The SMILES string of the molecule is Cl.FCC[C@@H](c1cc(F)cc(F)c1F)N1CCNCC1. The van der Waals surface area contributed by atoms with Crippen LogP contribution in [-0.4, -0.2) is 37.8 Å². The van der Waals surface area contributed by atoms with E-state index >= 15 is 0 Å². The lowest BCUT2D eigenvalue weighted by Crippen LogP contribution is -2.45. The maximum absolute atomic E-state index is 13.8. The summed E-state index contributed by atoms with van der Waals surface area (Å²) in [6.45, 7) is 1.93. The summed E-state index contributed by atoms with van der Waals surface area (Å²) in [5, 5.41) is 3.12. The van der Waals surface area contributed by atoms with Crippen LogP contribution in [0.15, 0.2) is 12.1 Å². The maximum atomic E-state index is 13.8. The molecule has 1 aliphatic rings. The minimum Gasteiger partial charge on any atom is -0.314 e.